The fraction of sp³-hybridized carbons (Fsp3) is 0.0588. The molecule has 0 fully saturated rings. The maximum Gasteiger partial charge on any atom is 0.160 e. The van der Waals surface area contributed by atoms with Crippen LogP contribution in [0.2, 0.25) is 0 Å². The van der Waals surface area contributed by atoms with E-state index >= 15 is 0 Å². The van der Waals surface area contributed by atoms with Crippen LogP contribution in [0.25, 0.3) is 88.8 Å². The third-order valence-corrected chi connectivity index (χ3v) is 11.1. The summed E-state index contributed by atoms with van der Waals surface area (Å²) < 4.78 is 0. The average Bonchev–Trinajstić information content (AvgIpc) is 3.45. The normalized spacial score (nSPS) is 12.9. The first kappa shape index (κ1) is 31.1. The molecule has 1 aliphatic carbocycles. The monoisotopic (exact) mass is 676 g/mol. The van der Waals surface area contributed by atoms with Crippen molar-refractivity contribution in [1.29, 1.82) is 0 Å². The molecule has 0 aliphatic heterocycles. The Balaban J connectivity index is 1.12. The molecule has 250 valence electrons. The zero-order valence-corrected chi connectivity index (χ0v) is 29.7. The van der Waals surface area contributed by atoms with E-state index in [-0.39, 0.29) is 5.41 Å². The van der Waals surface area contributed by atoms with Crippen molar-refractivity contribution in [2.24, 2.45) is 0 Å². The van der Waals surface area contributed by atoms with E-state index < -0.39 is 0 Å². The maximum absolute atomic E-state index is 5.25. The van der Waals surface area contributed by atoms with Crippen LogP contribution in [0.15, 0.2) is 182 Å². The zero-order chi connectivity index (χ0) is 35.5. The lowest BCUT2D eigenvalue weighted by Crippen LogP contribution is -2.14. The van der Waals surface area contributed by atoms with Gasteiger partial charge in [0.1, 0.15) is 0 Å². The zero-order valence-electron chi connectivity index (χ0n) is 29.7. The Labute approximate surface area is 310 Å². The standard InChI is InChI=1S/C51H36N2/c1-51(2)46-25-11-10-23-43(46)44-27-26-36(31-47(44)51)40-28-29-45(42-22-9-8-21-41(40)42)49-32-48(52-50(53-49)34-15-4-3-5-16-34)37-19-12-18-35(30-37)39-24-13-17-33-14-6-7-20-38(33)39/h3-32H,1-2H3. The van der Waals surface area contributed by atoms with Crippen molar-refractivity contribution >= 4 is 21.5 Å². The van der Waals surface area contributed by atoms with Gasteiger partial charge in [-0.05, 0) is 84.3 Å². The Bertz CT molecular complexity index is 2860. The number of fused-ring (bicyclic) bond motifs is 5. The number of rotatable bonds is 5. The summed E-state index contributed by atoms with van der Waals surface area (Å²) >= 11 is 0. The first-order valence-corrected chi connectivity index (χ1v) is 18.3. The Morgan fingerprint density at radius 1 is 0.340 bits per heavy atom. The van der Waals surface area contributed by atoms with Gasteiger partial charge in [0.25, 0.3) is 0 Å². The molecule has 53 heavy (non-hydrogen) atoms. The van der Waals surface area contributed by atoms with E-state index in [1.54, 1.807) is 0 Å². The van der Waals surface area contributed by atoms with E-state index in [2.05, 4.69) is 178 Å². The lowest BCUT2D eigenvalue weighted by Gasteiger charge is -2.22. The third-order valence-electron chi connectivity index (χ3n) is 11.1. The summed E-state index contributed by atoms with van der Waals surface area (Å²) in [7, 11) is 0. The molecule has 0 unspecified atom stereocenters. The van der Waals surface area contributed by atoms with Crippen molar-refractivity contribution in [3.63, 3.8) is 0 Å². The van der Waals surface area contributed by atoms with Crippen molar-refractivity contribution in [3.05, 3.63) is 193 Å². The van der Waals surface area contributed by atoms with Crippen LogP contribution in [0.4, 0.5) is 0 Å². The van der Waals surface area contributed by atoms with Crippen molar-refractivity contribution in [2.75, 3.05) is 0 Å². The second-order valence-electron chi connectivity index (χ2n) is 14.6. The molecule has 0 bridgehead atoms. The summed E-state index contributed by atoms with van der Waals surface area (Å²) in [5.74, 6) is 0.710. The largest absolute Gasteiger partial charge is 0.228 e. The number of aromatic nitrogens is 2. The number of benzene rings is 8. The van der Waals surface area contributed by atoms with Crippen LogP contribution in [0.3, 0.4) is 0 Å². The number of hydrogen-bond acceptors (Lipinski definition) is 2. The number of hydrogen-bond donors (Lipinski definition) is 0. The molecule has 0 radical (unpaired) electrons. The number of nitrogens with zero attached hydrogens (tertiary/aromatic N) is 2. The average molecular weight is 677 g/mol. The smallest absolute Gasteiger partial charge is 0.160 e. The van der Waals surface area contributed by atoms with Gasteiger partial charge in [-0.1, -0.05) is 178 Å². The Kier molecular flexibility index (Phi) is 7.19. The predicted molar refractivity (Wildman–Crippen MR) is 222 cm³/mol. The lowest BCUT2D eigenvalue weighted by molar-refractivity contribution is 0.660. The van der Waals surface area contributed by atoms with Crippen LogP contribution < -0.4 is 0 Å². The topological polar surface area (TPSA) is 25.8 Å². The highest BCUT2D eigenvalue weighted by Gasteiger charge is 2.35. The van der Waals surface area contributed by atoms with Gasteiger partial charge in [-0.2, -0.15) is 0 Å². The van der Waals surface area contributed by atoms with E-state index in [0.29, 0.717) is 5.82 Å². The molecular formula is C51H36N2. The van der Waals surface area contributed by atoms with E-state index in [1.807, 2.05) is 18.2 Å². The van der Waals surface area contributed by atoms with Crippen LogP contribution in [0.1, 0.15) is 25.0 Å². The molecule has 0 N–H and O–H groups in total. The molecule has 1 aromatic heterocycles. The molecule has 0 amide bonds. The van der Waals surface area contributed by atoms with E-state index in [0.717, 1.165) is 33.6 Å². The quantitative estimate of drug-likeness (QED) is 0.181. The predicted octanol–water partition coefficient (Wildman–Crippen LogP) is 13.4. The lowest BCUT2D eigenvalue weighted by atomic mass is 9.81. The van der Waals surface area contributed by atoms with Crippen molar-refractivity contribution < 1.29 is 0 Å². The van der Waals surface area contributed by atoms with Crippen molar-refractivity contribution in [1.82, 2.24) is 9.97 Å². The Morgan fingerprint density at radius 2 is 0.887 bits per heavy atom. The SMILES string of the molecule is CC1(C)c2ccccc2-c2ccc(-c3ccc(-c4cc(-c5cccc(-c6cccc7ccccc67)c5)nc(-c5ccccc5)n4)c4ccccc34)cc21. The van der Waals surface area contributed by atoms with Gasteiger partial charge in [-0.25, -0.2) is 9.97 Å². The second-order valence-corrected chi connectivity index (χ2v) is 14.6. The summed E-state index contributed by atoms with van der Waals surface area (Å²) in [4.78, 5) is 10.4. The first-order chi connectivity index (χ1) is 26.0. The molecule has 2 heteroatoms. The summed E-state index contributed by atoms with van der Waals surface area (Å²) in [5.41, 5.74) is 15.1. The van der Waals surface area contributed by atoms with Crippen LogP contribution in [0.5, 0.6) is 0 Å². The van der Waals surface area contributed by atoms with Gasteiger partial charge in [0.15, 0.2) is 5.82 Å². The van der Waals surface area contributed by atoms with Crippen molar-refractivity contribution in [2.45, 2.75) is 19.3 Å². The van der Waals surface area contributed by atoms with Gasteiger partial charge in [0.05, 0.1) is 11.4 Å². The van der Waals surface area contributed by atoms with E-state index in [9.17, 15) is 0 Å². The summed E-state index contributed by atoms with van der Waals surface area (Å²) in [6, 6.07) is 65.4. The second kappa shape index (κ2) is 12.3. The molecule has 0 spiro atoms. The fourth-order valence-corrected chi connectivity index (χ4v) is 8.42. The molecule has 1 aliphatic rings. The molecule has 0 saturated carbocycles. The van der Waals surface area contributed by atoms with Gasteiger partial charge in [0.2, 0.25) is 0 Å². The molecule has 8 aromatic carbocycles. The molecular weight excluding hydrogens is 641 g/mol. The minimum Gasteiger partial charge on any atom is -0.228 e. The van der Waals surface area contributed by atoms with Crippen LogP contribution in [-0.2, 0) is 5.41 Å². The van der Waals surface area contributed by atoms with E-state index in [1.165, 1.54) is 60.5 Å². The Hall–Kier alpha value is -6.64. The Morgan fingerprint density at radius 3 is 1.75 bits per heavy atom. The van der Waals surface area contributed by atoms with Crippen molar-refractivity contribution in [3.8, 4) is 67.3 Å². The first-order valence-electron chi connectivity index (χ1n) is 18.3. The van der Waals surface area contributed by atoms with Gasteiger partial charge in [0, 0.05) is 22.1 Å². The third kappa shape index (κ3) is 5.18. The minimum atomic E-state index is -0.0617. The maximum atomic E-state index is 5.25. The molecule has 10 rings (SSSR count). The molecule has 2 nitrogen and oxygen atoms in total. The molecule has 9 aromatic rings. The van der Waals surface area contributed by atoms with E-state index in [4.69, 9.17) is 9.97 Å². The minimum absolute atomic E-state index is 0.0617. The highest BCUT2D eigenvalue weighted by Crippen LogP contribution is 2.50. The van der Waals surface area contributed by atoms with Gasteiger partial charge < -0.3 is 0 Å². The summed E-state index contributed by atoms with van der Waals surface area (Å²) in [5, 5.41) is 4.84. The molecule has 0 atom stereocenters. The van der Waals surface area contributed by atoms with Crippen LogP contribution >= 0.6 is 0 Å². The molecule has 0 saturated heterocycles. The van der Waals surface area contributed by atoms with Crippen LogP contribution in [-0.4, -0.2) is 9.97 Å². The summed E-state index contributed by atoms with van der Waals surface area (Å²) in [6.07, 6.45) is 0. The highest BCUT2D eigenvalue weighted by molar-refractivity contribution is 6.05. The van der Waals surface area contributed by atoms with Gasteiger partial charge in [-0.3, -0.25) is 0 Å². The highest BCUT2D eigenvalue weighted by atomic mass is 14.9. The van der Waals surface area contributed by atoms with Gasteiger partial charge >= 0.3 is 0 Å². The van der Waals surface area contributed by atoms with Crippen LogP contribution in [0, 0.1) is 0 Å². The fourth-order valence-electron chi connectivity index (χ4n) is 8.42. The van der Waals surface area contributed by atoms with Gasteiger partial charge in [-0.15, -0.1) is 0 Å². The summed E-state index contributed by atoms with van der Waals surface area (Å²) in [6.45, 7) is 4.69. The molecule has 1 heterocycles.